The van der Waals surface area contributed by atoms with Crippen LogP contribution in [-0.2, 0) is 6.42 Å². The molecule has 1 atom stereocenters. The first-order valence-corrected chi connectivity index (χ1v) is 6.85. The first-order valence-electron chi connectivity index (χ1n) is 6.10. The Labute approximate surface area is 126 Å². The highest BCUT2D eigenvalue weighted by Crippen LogP contribution is 2.28. The van der Waals surface area contributed by atoms with Gasteiger partial charge in [-0.15, -0.1) is 0 Å². The summed E-state index contributed by atoms with van der Waals surface area (Å²) in [6.45, 7) is 0.194. The highest BCUT2D eigenvalue weighted by Gasteiger charge is 2.17. The molecule has 2 rings (SSSR count). The van der Waals surface area contributed by atoms with Gasteiger partial charge in [-0.05, 0) is 54.4 Å². The number of hydrogen-bond acceptors (Lipinski definition) is 1. The SMILES string of the molecule is NCC(Cc1ccc(Cl)cc1Cl)c1cc(F)ccc1F. The second-order valence-corrected chi connectivity index (χ2v) is 5.38. The highest BCUT2D eigenvalue weighted by atomic mass is 35.5. The molecule has 0 heterocycles. The predicted octanol–water partition coefficient (Wildman–Crippen LogP) is 4.56. The largest absolute Gasteiger partial charge is 0.330 e. The minimum absolute atomic E-state index is 0.194. The predicted molar refractivity (Wildman–Crippen MR) is 78.3 cm³/mol. The molecule has 0 fully saturated rings. The summed E-state index contributed by atoms with van der Waals surface area (Å²) >= 11 is 11.9. The van der Waals surface area contributed by atoms with Gasteiger partial charge >= 0.3 is 0 Å². The van der Waals surface area contributed by atoms with Gasteiger partial charge in [0.15, 0.2) is 0 Å². The first kappa shape index (κ1) is 15.2. The second-order valence-electron chi connectivity index (χ2n) is 4.54. The molecule has 0 saturated heterocycles. The fourth-order valence-electron chi connectivity index (χ4n) is 2.10. The Bertz CT molecular complexity index is 617. The molecule has 0 amide bonds. The topological polar surface area (TPSA) is 26.0 Å². The Hall–Kier alpha value is -1.16. The maximum Gasteiger partial charge on any atom is 0.126 e. The van der Waals surface area contributed by atoms with Crippen LogP contribution < -0.4 is 5.73 Å². The van der Waals surface area contributed by atoms with Gasteiger partial charge in [0, 0.05) is 16.0 Å². The van der Waals surface area contributed by atoms with Crippen molar-refractivity contribution < 1.29 is 8.78 Å². The van der Waals surface area contributed by atoms with Gasteiger partial charge in [0.1, 0.15) is 11.6 Å². The van der Waals surface area contributed by atoms with Crippen molar-refractivity contribution in [1.82, 2.24) is 0 Å². The van der Waals surface area contributed by atoms with Crippen LogP contribution >= 0.6 is 23.2 Å². The highest BCUT2D eigenvalue weighted by molar-refractivity contribution is 6.35. The molecule has 20 heavy (non-hydrogen) atoms. The van der Waals surface area contributed by atoms with E-state index < -0.39 is 11.6 Å². The third kappa shape index (κ3) is 3.48. The van der Waals surface area contributed by atoms with Gasteiger partial charge in [-0.25, -0.2) is 8.78 Å². The molecule has 0 aromatic heterocycles. The molecule has 0 aliphatic heterocycles. The van der Waals surface area contributed by atoms with E-state index in [0.717, 1.165) is 17.7 Å². The standard InChI is InChI=1S/C15H13Cl2F2N/c16-11-2-1-9(14(17)6-11)5-10(8-20)13-7-12(18)3-4-15(13)19/h1-4,6-7,10H,5,8,20H2. The van der Waals surface area contributed by atoms with Gasteiger partial charge in [-0.2, -0.15) is 0 Å². The van der Waals surface area contributed by atoms with Crippen molar-refractivity contribution in [3.05, 3.63) is 69.2 Å². The van der Waals surface area contributed by atoms with Crippen molar-refractivity contribution in [3.63, 3.8) is 0 Å². The number of rotatable bonds is 4. The number of hydrogen-bond donors (Lipinski definition) is 1. The average Bonchev–Trinajstić information content (AvgIpc) is 2.41. The Balaban J connectivity index is 2.31. The Morgan fingerprint density at radius 3 is 2.45 bits per heavy atom. The maximum atomic E-state index is 13.8. The van der Waals surface area contributed by atoms with Crippen LogP contribution in [0.15, 0.2) is 36.4 Å². The van der Waals surface area contributed by atoms with Gasteiger partial charge in [0.25, 0.3) is 0 Å². The fraction of sp³-hybridized carbons (Fsp3) is 0.200. The lowest BCUT2D eigenvalue weighted by Crippen LogP contribution is -2.17. The molecule has 2 aromatic rings. The molecule has 0 bridgehead atoms. The average molecular weight is 316 g/mol. The summed E-state index contributed by atoms with van der Waals surface area (Å²) in [5.74, 6) is -1.29. The summed E-state index contributed by atoms with van der Waals surface area (Å²) in [4.78, 5) is 0. The van der Waals surface area contributed by atoms with Gasteiger partial charge in [-0.3, -0.25) is 0 Å². The van der Waals surface area contributed by atoms with E-state index in [0.29, 0.717) is 16.5 Å². The molecule has 0 spiro atoms. The zero-order chi connectivity index (χ0) is 14.7. The summed E-state index contributed by atoms with van der Waals surface area (Å²) in [7, 11) is 0. The smallest absolute Gasteiger partial charge is 0.126 e. The van der Waals surface area contributed by atoms with Gasteiger partial charge < -0.3 is 5.73 Å². The van der Waals surface area contributed by atoms with Crippen molar-refractivity contribution in [3.8, 4) is 0 Å². The summed E-state index contributed by atoms with van der Waals surface area (Å²) in [6, 6.07) is 8.46. The van der Waals surface area contributed by atoms with Crippen molar-refractivity contribution >= 4 is 23.2 Å². The lowest BCUT2D eigenvalue weighted by atomic mass is 9.91. The van der Waals surface area contributed by atoms with Gasteiger partial charge in [0.05, 0.1) is 0 Å². The van der Waals surface area contributed by atoms with E-state index in [4.69, 9.17) is 28.9 Å². The van der Waals surface area contributed by atoms with Crippen LogP contribution in [0.5, 0.6) is 0 Å². The van der Waals surface area contributed by atoms with E-state index in [1.165, 1.54) is 6.07 Å². The molecule has 1 nitrogen and oxygen atoms in total. The van der Waals surface area contributed by atoms with E-state index in [-0.39, 0.29) is 18.0 Å². The third-order valence-corrected chi connectivity index (χ3v) is 3.75. The van der Waals surface area contributed by atoms with Crippen molar-refractivity contribution in [1.29, 1.82) is 0 Å². The zero-order valence-electron chi connectivity index (χ0n) is 10.5. The second kappa shape index (κ2) is 6.53. The maximum absolute atomic E-state index is 13.8. The summed E-state index contributed by atoms with van der Waals surface area (Å²) < 4.78 is 27.1. The van der Waals surface area contributed by atoms with E-state index >= 15 is 0 Å². The minimum Gasteiger partial charge on any atom is -0.330 e. The van der Waals surface area contributed by atoms with E-state index in [1.807, 2.05) is 0 Å². The Morgan fingerprint density at radius 2 is 1.80 bits per heavy atom. The lowest BCUT2D eigenvalue weighted by Gasteiger charge is -2.17. The quantitative estimate of drug-likeness (QED) is 0.879. The molecule has 106 valence electrons. The molecule has 0 radical (unpaired) electrons. The van der Waals surface area contributed by atoms with Crippen molar-refractivity contribution in [2.75, 3.05) is 6.54 Å². The summed E-state index contributed by atoms with van der Waals surface area (Å²) in [6.07, 6.45) is 0.423. The molecule has 0 saturated carbocycles. The first-order chi connectivity index (χ1) is 9.51. The van der Waals surface area contributed by atoms with Gasteiger partial charge in [0.2, 0.25) is 0 Å². The van der Waals surface area contributed by atoms with Crippen LogP contribution in [-0.4, -0.2) is 6.54 Å². The number of halogens is 4. The normalized spacial score (nSPS) is 12.4. The summed E-state index contributed by atoms with van der Waals surface area (Å²) in [5, 5.41) is 1.02. The van der Waals surface area contributed by atoms with Crippen molar-refractivity contribution in [2.45, 2.75) is 12.3 Å². The molecule has 1 unspecified atom stereocenters. The molecular formula is C15H13Cl2F2N. The van der Waals surface area contributed by atoms with E-state index in [2.05, 4.69) is 0 Å². The van der Waals surface area contributed by atoms with E-state index in [1.54, 1.807) is 18.2 Å². The molecule has 0 aliphatic carbocycles. The monoisotopic (exact) mass is 315 g/mol. The zero-order valence-corrected chi connectivity index (χ0v) is 12.1. The molecular weight excluding hydrogens is 303 g/mol. The van der Waals surface area contributed by atoms with Gasteiger partial charge in [-0.1, -0.05) is 29.3 Å². The molecule has 0 aliphatic rings. The lowest BCUT2D eigenvalue weighted by molar-refractivity contribution is 0.557. The van der Waals surface area contributed by atoms with Crippen LogP contribution in [0, 0.1) is 11.6 Å². The molecule has 2 aromatic carbocycles. The van der Waals surface area contributed by atoms with Crippen LogP contribution in [0.2, 0.25) is 10.0 Å². The fourth-order valence-corrected chi connectivity index (χ4v) is 2.59. The molecule has 2 N–H and O–H groups in total. The number of nitrogens with two attached hydrogens (primary N) is 1. The van der Waals surface area contributed by atoms with E-state index in [9.17, 15) is 8.78 Å². The van der Waals surface area contributed by atoms with Crippen LogP contribution in [0.1, 0.15) is 17.0 Å². The van der Waals surface area contributed by atoms with Crippen molar-refractivity contribution in [2.24, 2.45) is 5.73 Å². The van der Waals surface area contributed by atoms with Crippen LogP contribution in [0.3, 0.4) is 0 Å². The Kier molecular flexibility index (Phi) is 4.97. The summed E-state index contributed by atoms with van der Waals surface area (Å²) in [5.41, 5.74) is 6.76. The Morgan fingerprint density at radius 1 is 1.05 bits per heavy atom. The minimum atomic E-state index is -0.484. The van der Waals surface area contributed by atoms with Crippen LogP contribution in [0.25, 0.3) is 0 Å². The molecule has 5 heteroatoms. The number of benzene rings is 2. The van der Waals surface area contributed by atoms with Crippen LogP contribution in [0.4, 0.5) is 8.78 Å². The third-order valence-electron chi connectivity index (χ3n) is 3.16.